The van der Waals surface area contributed by atoms with Crippen molar-refractivity contribution in [1.29, 1.82) is 0 Å². The minimum absolute atomic E-state index is 1.26. The Morgan fingerprint density at radius 1 is 0.591 bits per heavy atom. The Labute approximate surface area is 148 Å². The number of benzene rings is 3. The van der Waals surface area contributed by atoms with Gasteiger partial charge in [-0.15, -0.1) is 0 Å². The van der Waals surface area contributed by atoms with Crippen molar-refractivity contribution < 1.29 is 0 Å². The van der Waals surface area contributed by atoms with Gasteiger partial charge >= 0.3 is 148 Å². The van der Waals surface area contributed by atoms with E-state index >= 15 is 0 Å². The third kappa shape index (κ3) is 2.58. The van der Waals surface area contributed by atoms with Crippen LogP contribution >= 0.6 is 35.0 Å². The molecule has 3 rings (SSSR count). The molecule has 0 aliphatic heterocycles. The number of halogens is 2. The molecule has 3 heteroatoms. The van der Waals surface area contributed by atoms with E-state index < -0.39 is 4.01 Å². The van der Waals surface area contributed by atoms with Crippen LogP contribution in [0.4, 0.5) is 0 Å². The van der Waals surface area contributed by atoms with Gasteiger partial charge in [0.15, 0.2) is 0 Å². The first-order valence-corrected chi connectivity index (χ1v) is 13.4. The van der Waals surface area contributed by atoms with Gasteiger partial charge in [-0.3, -0.25) is 0 Å². The first kappa shape index (κ1) is 15.9. The molecule has 0 bridgehead atoms. The van der Waals surface area contributed by atoms with E-state index in [2.05, 4.69) is 123 Å². The molecule has 0 saturated carbocycles. The van der Waals surface area contributed by atoms with Crippen LogP contribution in [0.3, 0.4) is 0 Å². The maximum atomic E-state index is 4.20. The summed E-state index contributed by atoms with van der Waals surface area (Å²) in [6.45, 7) is 2.14. The van der Waals surface area contributed by atoms with Gasteiger partial charge in [-0.25, -0.2) is 0 Å². The monoisotopic (exact) mass is 434 g/mol. The molecule has 0 saturated heterocycles. The minimum atomic E-state index is -2.78. The van der Waals surface area contributed by atoms with Crippen molar-refractivity contribution in [2.45, 2.75) is 6.92 Å². The summed E-state index contributed by atoms with van der Waals surface area (Å²) in [6, 6.07) is 30.0. The molecule has 0 unspecified atom stereocenters. The van der Waals surface area contributed by atoms with E-state index in [4.69, 9.17) is 0 Å². The van der Waals surface area contributed by atoms with Crippen molar-refractivity contribution in [2.24, 2.45) is 0 Å². The average molecular weight is 436 g/mol. The molecule has 112 valence electrons. The fraction of sp³-hybridized carbons (Fsp3) is 0.0526. The number of rotatable bonds is 3. The molecular weight excluding hydrogens is 419 g/mol. The van der Waals surface area contributed by atoms with Crippen LogP contribution in [0.2, 0.25) is 0 Å². The molecule has 0 aliphatic carbocycles. The summed E-state index contributed by atoms with van der Waals surface area (Å²) in [4.78, 5) is 0. The molecule has 0 nitrogen and oxygen atoms in total. The van der Waals surface area contributed by atoms with Gasteiger partial charge in [-0.1, -0.05) is 0 Å². The SMILES string of the molecule is Cc1cccc(P(Br)(Br)(c2ccccc2)c2ccccc2)c1. The first-order chi connectivity index (χ1) is 10.5. The van der Waals surface area contributed by atoms with E-state index in [1.807, 2.05) is 0 Å². The van der Waals surface area contributed by atoms with Gasteiger partial charge in [0.2, 0.25) is 0 Å². The zero-order chi connectivity index (χ0) is 15.7. The predicted octanol–water partition coefficient (Wildman–Crippen LogP) is 5.44. The standard InChI is InChI=1S/C19H17Br2P/c1-16-9-8-14-19(15-16)22(20,21,17-10-4-2-5-11-17)18-12-6-3-7-13-18/h2-15H,1H3. The fourth-order valence-corrected chi connectivity index (χ4v) is 9.92. The van der Waals surface area contributed by atoms with Crippen LogP contribution in [0.15, 0.2) is 84.9 Å². The van der Waals surface area contributed by atoms with Gasteiger partial charge in [0.05, 0.1) is 0 Å². The van der Waals surface area contributed by atoms with E-state index in [0.29, 0.717) is 0 Å². The van der Waals surface area contributed by atoms with Crippen molar-refractivity contribution in [3.05, 3.63) is 90.5 Å². The number of hydrogen-bond acceptors (Lipinski definition) is 0. The van der Waals surface area contributed by atoms with Crippen LogP contribution in [0.5, 0.6) is 0 Å². The topological polar surface area (TPSA) is 0 Å². The summed E-state index contributed by atoms with van der Waals surface area (Å²) in [5.74, 6) is 0. The predicted molar refractivity (Wildman–Crippen MR) is 108 cm³/mol. The fourth-order valence-electron chi connectivity index (χ4n) is 2.70. The molecule has 3 aromatic carbocycles. The van der Waals surface area contributed by atoms with E-state index in [9.17, 15) is 0 Å². The molecule has 3 aromatic rings. The van der Waals surface area contributed by atoms with Gasteiger partial charge in [0.25, 0.3) is 0 Å². The third-order valence-corrected chi connectivity index (χ3v) is 14.8. The molecule has 0 fully saturated rings. The second-order valence-electron chi connectivity index (χ2n) is 5.42. The van der Waals surface area contributed by atoms with Crippen molar-refractivity contribution in [1.82, 2.24) is 0 Å². The van der Waals surface area contributed by atoms with E-state index in [1.165, 1.54) is 21.5 Å². The Hall–Kier alpha value is -0.950. The molecule has 0 amide bonds. The molecule has 0 N–H and O–H groups in total. The molecule has 22 heavy (non-hydrogen) atoms. The summed E-state index contributed by atoms with van der Waals surface area (Å²) in [6.07, 6.45) is 0. The molecule has 0 spiro atoms. The average Bonchev–Trinajstić information content (AvgIpc) is 2.57. The normalized spacial score (nSPS) is 13.3. The molecule has 0 atom stereocenters. The Morgan fingerprint density at radius 3 is 1.50 bits per heavy atom. The number of aryl methyl sites for hydroxylation is 1. The van der Waals surface area contributed by atoms with Crippen molar-refractivity contribution in [3.63, 3.8) is 0 Å². The molecule has 0 radical (unpaired) electrons. The Bertz CT molecular complexity index is 739. The quantitative estimate of drug-likeness (QED) is 0.480. The van der Waals surface area contributed by atoms with Crippen molar-refractivity contribution >= 4 is 50.9 Å². The number of hydrogen-bond donors (Lipinski definition) is 0. The van der Waals surface area contributed by atoms with Crippen LogP contribution in [0, 0.1) is 6.92 Å². The van der Waals surface area contributed by atoms with Gasteiger partial charge in [-0.05, 0) is 0 Å². The Balaban J connectivity index is 2.37. The van der Waals surface area contributed by atoms with Gasteiger partial charge in [0.1, 0.15) is 0 Å². The van der Waals surface area contributed by atoms with Crippen LogP contribution in [-0.4, -0.2) is 0 Å². The van der Waals surface area contributed by atoms with E-state index in [0.717, 1.165) is 0 Å². The molecule has 0 heterocycles. The summed E-state index contributed by atoms with van der Waals surface area (Å²) in [7, 11) is 0. The second-order valence-corrected chi connectivity index (χ2v) is 20.1. The second kappa shape index (κ2) is 5.92. The van der Waals surface area contributed by atoms with Crippen LogP contribution in [0.25, 0.3) is 0 Å². The summed E-state index contributed by atoms with van der Waals surface area (Å²) in [5.41, 5.74) is 1.26. The molecule has 0 aliphatic rings. The van der Waals surface area contributed by atoms with Gasteiger partial charge in [-0.2, -0.15) is 0 Å². The Kier molecular flexibility index (Phi) is 4.29. The van der Waals surface area contributed by atoms with Crippen molar-refractivity contribution in [3.8, 4) is 0 Å². The van der Waals surface area contributed by atoms with Gasteiger partial charge < -0.3 is 0 Å². The Morgan fingerprint density at radius 2 is 1.05 bits per heavy atom. The van der Waals surface area contributed by atoms with Crippen LogP contribution < -0.4 is 15.9 Å². The zero-order valence-corrected chi connectivity index (χ0v) is 16.4. The van der Waals surface area contributed by atoms with Crippen molar-refractivity contribution in [2.75, 3.05) is 0 Å². The maximum absolute atomic E-state index is 4.20. The molecule has 0 aromatic heterocycles. The van der Waals surface area contributed by atoms with E-state index in [1.54, 1.807) is 0 Å². The van der Waals surface area contributed by atoms with E-state index in [-0.39, 0.29) is 0 Å². The van der Waals surface area contributed by atoms with Crippen LogP contribution in [-0.2, 0) is 0 Å². The summed E-state index contributed by atoms with van der Waals surface area (Å²) < 4.78 is -2.78. The zero-order valence-electron chi connectivity index (χ0n) is 12.3. The van der Waals surface area contributed by atoms with Gasteiger partial charge in [0, 0.05) is 0 Å². The first-order valence-electron chi connectivity index (χ1n) is 7.15. The summed E-state index contributed by atoms with van der Waals surface area (Å²) >= 11 is 8.39. The van der Waals surface area contributed by atoms with Crippen LogP contribution in [0.1, 0.15) is 5.56 Å². The third-order valence-electron chi connectivity index (χ3n) is 3.87. The summed E-state index contributed by atoms with van der Waals surface area (Å²) in [5, 5.41) is 3.82. The molecular formula is C19H17Br2P.